The zero-order valence-corrected chi connectivity index (χ0v) is 10.3. The average Bonchev–Trinajstić information content (AvgIpc) is 2.37. The first-order chi connectivity index (χ1) is 8.66. The normalized spacial score (nSPS) is 18.5. The molecule has 0 amide bonds. The number of rotatable bonds is 4. The van der Waals surface area contributed by atoms with Gasteiger partial charge in [-0.15, -0.1) is 0 Å². The molecule has 1 aromatic carbocycles. The Hall–Kier alpha value is -1.42. The van der Waals surface area contributed by atoms with Crippen molar-refractivity contribution in [2.75, 3.05) is 19.6 Å². The van der Waals surface area contributed by atoms with E-state index in [0.717, 1.165) is 25.9 Å². The second kappa shape index (κ2) is 5.96. The summed E-state index contributed by atoms with van der Waals surface area (Å²) in [6.07, 6.45) is 3.46. The zero-order valence-electron chi connectivity index (χ0n) is 10.3. The molecule has 0 spiro atoms. The molecule has 3 nitrogen and oxygen atoms in total. The maximum Gasteiger partial charge on any atom is 0.312 e. The van der Waals surface area contributed by atoms with Crippen LogP contribution in [-0.2, 0) is 4.79 Å². The third-order valence-electron chi connectivity index (χ3n) is 3.44. The van der Waals surface area contributed by atoms with E-state index in [4.69, 9.17) is 0 Å². The third kappa shape index (κ3) is 3.29. The van der Waals surface area contributed by atoms with Gasteiger partial charge < -0.3 is 10.0 Å². The number of aliphatic carboxylic acids is 1. The molecular formula is C14H18FNO2. The van der Waals surface area contributed by atoms with Crippen molar-refractivity contribution < 1.29 is 14.3 Å². The van der Waals surface area contributed by atoms with Crippen LogP contribution in [0.25, 0.3) is 0 Å². The van der Waals surface area contributed by atoms with Crippen LogP contribution in [0.4, 0.5) is 4.39 Å². The van der Waals surface area contributed by atoms with Gasteiger partial charge in [0.1, 0.15) is 5.82 Å². The van der Waals surface area contributed by atoms with E-state index in [9.17, 15) is 14.3 Å². The molecule has 98 valence electrons. The molecule has 0 aliphatic carbocycles. The number of piperidine rings is 1. The minimum atomic E-state index is -0.883. The van der Waals surface area contributed by atoms with Gasteiger partial charge in [-0.2, -0.15) is 0 Å². The number of hydrogen-bond donors (Lipinski definition) is 1. The molecule has 1 fully saturated rings. The van der Waals surface area contributed by atoms with Gasteiger partial charge >= 0.3 is 5.97 Å². The second-order valence-corrected chi connectivity index (χ2v) is 4.81. The summed E-state index contributed by atoms with van der Waals surface area (Å²) in [5.74, 6) is -1.90. The maximum atomic E-state index is 13.2. The van der Waals surface area contributed by atoms with Crippen molar-refractivity contribution in [1.82, 2.24) is 4.90 Å². The first kappa shape index (κ1) is 13.0. The van der Waals surface area contributed by atoms with Crippen LogP contribution in [0.2, 0.25) is 0 Å². The predicted molar refractivity (Wildman–Crippen MR) is 67.1 cm³/mol. The van der Waals surface area contributed by atoms with Gasteiger partial charge in [-0.3, -0.25) is 4.79 Å². The largest absolute Gasteiger partial charge is 0.481 e. The van der Waals surface area contributed by atoms with E-state index in [0.29, 0.717) is 12.1 Å². The molecular weight excluding hydrogens is 233 g/mol. The van der Waals surface area contributed by atoms with Gasteiger partial charge in [-0.25, -0.2) is 4.39 Å². The Labute approximate surface area is 106 Å². The van der Waals surface area contributed by atoms with Gasteiger partial charge in [0, 0.05) is 6.54 Å². The van der Waals surface area contributed by atoms with Gasteiger partial charge in [0.15, 0.2) is 0 Å². The van der Waals surface area contributed by atoms with Crippen LogP contribution >= 0.6 is 0 Å². The van der Waals surface area contributed by atoms with Gasteiger partial charge in [-0.05, 0) is 43.6 Å². The lowest BCUT2D eigenvalue weighted by Crippen LogP contribution is -2.35. The van der Waals surface area contributed by atoms with E-state index in [2.05, 4.69) is 4.90 Å². The molecule has 4 heteroatoms. The molecule has 18 heavy (non-hydrogen) atoms. The predicted octanol–water partition coefficient (Wildman–Crippen LogP) is 2.48. The van der Waals surface area contributed by atoms with E-state index in [-0.39, 0.29) is 5.82 Å². The lowest BCUT2D eigenvalue weighted by molar-refractivity contribution is -0.139. The quantitative estimate of drug-likeness (QED) is 0.893. The maximum absolute atomic E-state index is 13.2. The van der Waals surface area contributed by atoms with Crippen molar-refractivity contribution in [2.45, 2.75) is 25.2 Å². The molecule has 1 N–H and O–H groups in total. The highest BCUT2D eigenvalue weighted by Gasteiger charge is 2.24. The number of hydrogen-bond acceptors (Lipinski definition) is 2. The lowest BCUT2D eigenvalue weighted by Gasteiger charge is -2.29. The van der Waals surface area contributed by atoms with E-state index >= 15 is 0 Å². The Morgan fingerprint density at radius 2 is 2.06 bits per heavy atom. The summed E-state index contributed by atoms with van der Waals surface area (Å²) in [5, 5.41) is 9.30. The van der Waals surface area contributed by atoms with E-state index < -0.39 is 11.9 Å². The third-order valence-corrected chi connectivity index (χ3v) is 3.44. The fourth-order valence-electron chi connectivity index (χ4n) is 2.45. The zero-order chi connectivity index (χ0) is 13.0. The van der Waals surface area contributed by atoms with Gasteiger partial charge in [0.05, 0.1) is 5.92 Å². The summed E-state index contributed by atoms with van der Waals surface area (Å²) in [7, 11) is 0. The molecule has 1 unspecified atom stereocenters. The van der Waals surface area contributed by atoms with Crippen LogP contribution in [0.15, 0.2) is 24.3 Å². The Morgan fingerprint density at radius 1 is 1.33 bits per heavy atom. The van der Waals surface area contributed by atoms with Crippen LogP contribution in [0, 0.1) is 5.82 Å². The molecule has 0 aromatic heterocycles. The first-order valence-corrected chi connectivity index (χ1v) is 6.37. The number of carbonyl (C=O) groups is 1. The fourth-order valence-corrected chi connectivity index (χ4v) is 2.45. The SMILES string of the molecule is O=C(O)C(CN1CCCCC1)c1cccc(F)c1. The van der Waals surface area contributed by atoms with Crippen molar-refractivity contribution >= 4 is 5.97 Å². The van der Waals surface area contributed by atoms with Crippen LogP contribution in [0.3, 0.4) is 0 Å². The van der Waals surface area contributed by atoms with Crippen molar-refractivity contribution in [3.63, 3.8) is 0 Å². The highest BCUT2D eigenvalue weighted by Crippen LogP contribution is 2.20. The number of benzene rings is 1. The Balaban J connectivity index is 2.10. The van der Waals surface area contributed by atoms with Crippen molar-refractivity contribution in [3.05, 3.63) is 35.6 Å². The van der Waals surface area contributed by atoms with Crippen molar-refractivity contribution in [3.8, 4) is 0 Å². The fraction of sp³-hybridized carbons (Fsp3) is 0.500. The summed E-state index contributed by atoms with van der Waals surface area (Å²) < 4.78 is 13.2. The average molecular weight is 251 g/mol. The molecule has 1 aliphatic heterocycles. The molecule has 1 aliphatic rings. The Morgan fingerprint density at radius 3 is 2.67 bits per heavy atom. The number of halogens is 1. The second-order valence-electron chi connectivity index (χ2n) is 4.81. The van der Waals surface area contributed by atoms with Crippen LogP contribution < -0.4 is 0 Å². The van der Waals surface area contributed by atoms with Crippen LogP contribution in [0.5, 0.6) is 0 Å². The van der Waals surface area contributed by atoms with Gasteiger partial charge in [-0.1, -0.05) is 18.6 Å². The minimum Gasteiger partial charge on any atom is -0.481 e. The minimum absolute atomic E-state index is 0.377. The van der Waals surface area contributed by atoms with Crippen molar-refractivity contribution in [2.24, 2.45) is 0 Å². The molecule has 1 saturated heterocycles. The summed E-state index contributed by atoms with van der Waals surface area (Å²) in [6, 6.07) is 5.91. The lowest BCUT2D eigenvalue weighted by atomic mass is 9.97. The molecule has 1 aromatic rings. The van der Waals surface area contributed by atoms with E-state index in [1.54, 1.807) is 12.1 Å². The molecule has 0 saturated carbocycles. The van der Waals surface area contributed by atoms with Gasteiger partial charge in [0.25, 0.3) is 0 Å². The number of carboxylic acids is 1. The Kier molecular flexibility index (Phi) is 4.31. The highest BCUT2D eigenvalue weighted by molar-refractivity contribution is 5.76. The van der Waals surface area contributed by atoms with E-state index in [1.165, 1.54) is 18.6 Å². The number of nitrogens with zero attached hydrogens (tertiary/aromatic N) is 1. The summed E-state index contributed by atoms with van der Waals surface area (Å²) in [5.41, 5.74) is 0.549. The monoisotopic (exact) mass is 251 g/mol. The molecule has 0 radical (unpaired) electrons. The summed E-state index contributed by atoms with van der Waals surface area (Å²) >= 11 is 0. The number of likely N-dealkylation sites (tertiary alicyclic amines) is 1. The number of carboxylic acid groups (broad SMARTS) is 1. The molecule has 1 heterocycles. The van der Waals surface area contributed by atoms with Crippen LogP contribution in [-0.4, -0.2) is 35.6 Å². The standard InChI is InChI=1S/C14H18FNO2/c15-12-6-4-5-11(9-12)13(14(17)18)10-16-7-2-1-3-8-16/h4-6,9,13H,1-3,7-8,10H2,(H,17,18). The van der Waals surface area contributed by atoms with Gasteiger partial charge in [0.2, 0.25) is 0 Å². The first-order valence-electron chi connectivity index (χ1n) is 6.37. The van der Waals surface area contributed by atoms with Crippen molar-refractivity contribution in [1.29, 1.82) is 0 Å². The summed E-state index contributed by atoms with van der Waals surface area (Å²) in [6.45, 7) is 2.36. The summed E-state index contributed by atoms with van der Waals surface area (Å²) in [4.78, 5) is 13.5. The van der Waals surface area contributed by atoms with E-state index in [1.807, 2.05) is 0 Å². The molecule has 1 atom stereocenters. The topological polar surface area (TPSA) is 40.5 Å². The smallest absolute Gasteiger partial charge is 0.312 e. The van der Waals surface area contributed by atoms with Crippen LogP contribution in [0.1, 0.15) is 30.7 Å². The Bertz CT molecular complexity index is 416. The molecule has 2 rings (SSSR count). The highest BCUT2D eigenvalue weighted by atomic mass is 19.1. The molecule has 0 bridgehead atoms.